The monoisotopic (exact) mass is 288 g/mol. The molecule has 0 aliphatic heterocycles. The maximum atomic E-state index is 12.6. The van der Waals surface area contributed by atoms with E-state index >= 15 is 0 Å². The molecular weight excluding hydrogens is 269 g/mol. The quantitative estimate of drug-likeness (QED) is 0.905. The van der Waals surface area contributed by atoms with E-state index in [9.17, 15) is 18.0 Å². The van der Waals surface area contributed by atoms with Gasteiger partial charge >= 0.3 is 6.18 Å². The number of nitrogens with two attached hydrogens (primary N) is 1. The third-order valence-electron chi connectivity index (χ3n) is 2.90. The Morgan fingerprint density at radius 1 is 1.30 bits per heavy atom. The van der Waals surface area contributed by atoms with Crippen LogP contribution < -0.4 is 5.73 Å². The molecule has 0 aliphatic rings. The summed E-state index contributed by atoms with van der Waals surface area (Å²) < 4.78 is 37.7. The molecule has 0 spiro atoms. The fourth-order valence-electron chi connectivity index (χ4n) is 1.94. The van der Waals surface area contributed by atoms with Gasteiger partial charge in [-0.05, 0) is 38.4 Å². The molecule has 0 fully saturated rings. The Morgan fingerprint density at radius 2 is 1.90 bits per heavy atom. The molecule has 6 heteroatoms. The van der Waals surface area contributed by atoms with Crippen LogP contribution in [0.3, 0.4) is 0 Å². The Bertz CT molecular complexity index is 458. The van der Waals surface area contributed by atoms with Crippen molar-refractivity contribution in [3.63, 3.8) is 0 Å². The van der Waals surface area contributed by atoms with Crippen LogP contribution in [0, 0.1) is 0 Å². The highest BCUT2D eigenvalue weighted by Gasteiger charge is 2.34. The predicted molar refractivity (Wildman–Crippen MR) is 71.4 cm³/mol. The smallest absolute Gasteiger partial charge is 0.330 e. The largest absolute Gasteiger partial charge is 0.406 e. The van der Waals surface area contributed by atoms with E-state index in [1.807, 2.05) is 0 Å². The average Bonchev–Trinajstić information content (AvgIpc) is 2.35. The minimum Gasteiger partial charge on any atom is -0.330 e. The van der Waals surface area contributed by atoms with Gasteiger partial charge in [0.25, 0.3) is 5.91 Å². The van der Waals surface area contributed by atoms with Gasteiger partial charge in [0, 0.05) is 11.6 Å². The van der Waals surface area contributed by atoms with Crippen LogP contribution in [0.2, 0.25) is 0 Å². The first kappa shape index (κ1) is 16.5. The lowest BCUT2D eigenvalue weighted by molar-refractivity contribution is -0.143. The van der Waals surface area contributed by atoms with Gasteiger partial charge in [0.1, 0.15) is 6.54 Å². The number of rotatable bonds is 5. The lowest BCUT2D eigenvalue weighted by Crippen LogP contribution is -2.43. The summed E-state index contributed by atoms with van der Waals surface area (Å²) in [6, 6.07) is 6.10. The van der Waals surface area contributed by atoms with Crippen molar-refractivity contribution in [1.82, 2.24) is 4.90 Å². The molecule has 1 aromatic carbocycles. The van der Waals surface area contributed by atoms with Gasteiger partial charge in [0.2, 0.25) is 0 Å². The highest BCUT2D eigenvalue weighted by atomic mass is 19.4. The molecule has 0 aliphatic carbocycles. The van der Waals surface area contributed by atoms with Gasteiger partial charge in [0.15, 0.2) is 0 Å². The fraction of sp³-hybridized carbons (Fsp3) is 0.500. The highest BCUT2D eigenvalue weighted by Crippen LogP contribution is 2.21. The summed E-state index contributed by atoms with van der Waals surface area (Å²) >= 11 is 0. The van der Waals surface area contributed by atoms with E-state index in [0.717, 1.165) is 4.90 Å². The molecular formula is C14H19F3N2O. The van der Waals surface area contributed by atoms with Gasteiger partial charge in [0.05, 0.1) is 0 Å². The van der Waals surface area contributed by atoms with E-state index in [1.54, 1.807) is 38.1 Å². The fourth-order valence-corrected chi connectivity index (χ4v) is 1.94. The van der Waals surface area contributed by atoms with Crippen molar-refractivity contribution < 1.29 is 18.0 Å². The minimum absolute atomic E-state index is 0.288. The van der Waals surface area contributed by atoms with E-state index in [2.05, 4.69) is 0 Å². The second-order valence-corrected chi connectivity index (χ2v) is 4.84. The molecule has 0 bridgehead atoms. The zero-order valence-corrected chi connectivity index (χ0v) is 11.6. The lowest BCUT2D eigenvalue weighted by atomic mass is 10.0. The summed E-state index contributed by atoms with van der Waals surface area (Å²) in [7, 11) is 0. The van der Waals surface area contributed by atoms with Crippen LogP contribution in [0.4, 0.5) is 13.2 Å². The first-order chi connectivity index (χ1) is 9.26. The maximum absolute atomic E-state index is 12.6. The molecule has 2 N–H and O–H groups in total. The molecule has 1 rings (SSSR count). The third-order valence-corrected chi connectivity index (χ3v) is 2.90. The van der Waals surface area contributed by atoms with Crippen LogP contribution in [-0.4, -0.2) is 36.1 Å². The number of amides is 1. The molecule has 112 valence electrons. The standard InChI is InChI=1S/C14H19F3N2O/c1-10(2)19(9-14(15,16)17)13(20)12-6-4-3-5-11(12)7-8-18/h3-6,10H,7-9,18H2,1-2H3. The predicted octanol–water partition coefficient (Wildman–Crippen LogP) is 2.60. The SMILES string of the molecule is CC(C)N(CC(F)(F)F)C(=O)c1ccccc1CCN. The Labute approximate surface area is 116 Å². The molecule has 3 nitrogen and oxygen atoms in total. The van der Waals surface area contributed by atoms with Gasteiger partial charge in [-0.15, -0.1) is 0 Å². The summed E-state index contributed by atoms with van der Waals surface area (Å²) in [4.78, 5) is 13.2. The molecule has 0 saturated carbocycles. The van der Waals surface area contributed by atoms with Gasteiger partial charge in [-0.1, -0.05) is 18.2 Å². The summed E-state index contributed by atoms with van der Waals surface area (Å²) in [6.45, 7) is 2.22. The van der Waals surface area contributed by atoms with Crippen LogP contribution in [-0.2, 0) is 6.42 Å². The number of hydrogen-bond donors (Lipinski definition) is 1. The van der Waals surface area contributed by atoms with Crippen LogP contribution in [0.15, 0.2) is 24.3 Å². The normalized spacial score (nSPS) is 11.8. The third kappa shape index (κ3) is 4.52. The van der Waals surface area contributed by atoms with Gasteiger partial charge < -0.3 is 10.6 Å². The molecule has 1 aromatic rings. The minimum atomic E-state index is -4.41. The molecule has 0 atom stereocenters. The molecule has 20 heavy (non-hydrogen) atoms. The van der Waals surface area contributed by atoms with Gasteiger partial charge in [-0.25, -0.2) is 0 Å². The number of benzene rings is 1. The summed E-state index contributed by atoms with van der Waals surface area (Å²) in [5, 5.41) is 0. The Kier molecular flexibility index (Phi) is 5.56. The van der Waals surface area contributed by atoms with Crippen LogP contribution >= 0.6 is 0 Å². The van der Waals surface area contributed by atoms with Gasteiger partial charge in [-0.3, -0.25) is 4.79 Å². The molecule has 0 saturated heterocycles. The number of halogens is 3. The summed E-state index contributed by atoms with van der Waals surface area (Å²) in [5.74, 6) is -0.610. The number of alkyl halides is 3. The molecule has 1 amide bonds. The number of carbonyl (C=O) groups excluding carboxylic acids is 1. The maximum Gasteiger partial charge on any atom is 0.406 e. The number of hydrogen-bond acceptors (Lipinski definition) is 2. The topological polar surface area (TPSA) is 46.3 Å². The van der Waals surface area contributed by atoms with Crippen molar-refractivity contribution in [2.45, 2.75) is 32.5 Å². The van der Waals surface area contributed by atoms with E-state index in [-0.39, 0.29) is 5.56 Å². The van der Waals surface area contributed by atoms with E-state index in [0.29, 0.717) is 18.5 Å². The Balaban J connectivity index is 3.07. The molecule has 0 aromatic heterocycles. The van der Waals surface area contributed by atoms with E-state index in [4.69, 9.17) is 5.73 Å². The van der Waals surface area contributed by atoms with Crippen molar-refractivity contribution in [2.24, 2.45) is 5.73 Å². The van der Waals surface area contributed by atoms with E-state index in [1.165, 1.54) is 0 Å². The first-order valence-electron chi connectivity index (χ1n) is 6.42. The highest BCUT2D eigenvalue weighted by molar-refractivity contribution is 5.96. The van der Waals surface area contributed by atoms with E-state index < -0.39 is 24.7 Å². The van der Waals surface area contributed by atoms with Crippen LogP contribution in [0.5, 0.6) is 0 Å². The van der Waals surface area contributed by atoms with Crippen molar-refractivity contribution in [3.8, 4) is 0 Å². The summed E-state index contributed by atoms with van der Waals surface area (Å²) in [6.07, 6.45) is -3.96. The van der Waals surface area contributed by atoms with Crippen molar-refractivity contribution in [2.75, 3.05) is 13.1 Å². The van der Waals surface area contributed by atoms with Crippen LogP contribution in [0.1, 0.15) is 29.8 Å². The second-order valence-electron chi connectivity index (χ2n) is 4.84. The Morgan fingerprint density at radius 3 is 2.40 bits per heavy atom. The molecule has 0 heterocycles. The number of nitrogens with zero attached hydrogens (tertiary/aromatic N) is 1. The van der Waals surface area contributed by atoms with Gasteiger partial charge in [-0.2, -0.15) is 13.2 Å². The molecule has 0 radical (unpaired) electrons. The van der Waals surface area contributed by atoms with Crippen molar-refractivity contribution >= 4 is 5.91 Å². The molecule has 0 unspecified atom stereocenters. The Hall–Kier alpha value is -1.56. The van der Waals surface area contributed by atoms with Crippen molar-refractivity contribution in [1.29, 1.82) is 0 Å². The van der Waals surface area contributed by atoms with Crippen LogP contribution in [0.25, 0.3) is 0 Å². The second kappa shape index (κ2) is 6.74. The lowest BCUT2D eigenvalue weighted by Gasteiger charge is -2.28. The summed E-state index contributed by atoms with van der Waals surface area (Å²) in [5.41, 5.74) is 6.42. The van der Waals surface area contributed by atoms with Crippen molar-refractivity contribution in [3.05, 3.63) is 35.4 Å². The first-order valence-corrected chi connectivity index (χ1v) is 6.42. The average molecular weight is 288 g/mol. The number of carbonyl (C=O) groups is 1. The zero-order valence-electron chi connectivity index (χ0n) is 11.6. The zero-order chi connectivity index (χ0) is 15.3.